The van der Waals surface area contributed by atoms with Gasteiger partial charge >= 0.3 is 5.97 Å². The number of amides is 1. The molecule has 5 nitrogen and oxygen atoms in total. The summed E-state index contributed by atoms with van der Waals surface area (Å²) in [6.45, 7) is 2.45. The molecule has 0 spiro atoms. The van der Waals surface area contributed by atoms with E-state index >= 15 is 0 Å². The highest BCUT2D eigenvalue weighted by molar-refractivity contribution is 9.10. The number of pyridine rings is 1. The fraction of sp³-hybridized carbons (Fsp3) is 0.240. The van der Waals surface area contributed by atoms with Gasteiger partial charge in [-0.1, -0.05) is 43.7 Å². The lowest BCUT2D eigenvalue weighted by molar-refractivity contribution is -0.117. The molecule has 1 unspecified atom stereocenters. The van der Waals surface area contributed by atoms with Crippen molar-refractivity contribution in [1.82, 2.24) is 4.98 Å². The van der Waals surface area contributed by atoms with Crippen LogP contribution in [-0.2, 0) is 16.0 Å². The van der Waals surface area contributed by atoms with Gasteiger partial charge in [-0.15, -0.1) is 0 Å². The zero-order chi connectivity index (χ0) is 22.1. The summed E-state index contributed by atoms with van der Waals surface area (Å²) in [6.07, 6.45) is 4.03. The van der Waals surface area contributed by atoms with Gasteiger partial charge in [-0.2, -0.15) is 0 Å². The number of rotatable bonds is 9. The van der Waals surface area contributed by atoms with E-state index in [1.54, 1.807) is 30.5 Å². The zero-order valence-electron chi connectivity index (χ0n) is 17.4. The molecule has 1 amide bonds. The zero-order valence-corrected chi connectivity index (χ0v) is 19.0. The summed E-state index contributed by atoms with van der Waals surface area (Å²) in [5.74, 6) is -0.960. The summed E-state index contributed by atoms with van der Waals surface area (Å²) in [6, 6.07) is 20.3. The minimum Gasteiger partial charge on any atom is -0.462 e. The van der Waals surface area contributed by atoms with E-state index in [9.17, 15) is 9.59 Å². The van der Waals surface area contributed by atoms with Crippen LogP contribution in [0.1, 0.15) is 47.3 Å². The lowest BCUT2D eigenvalue weighted by Crippen LogP contribution is -2.24. The number of nitrogens with zero attached hydrogens (tertiary/aromatic N) is 1. The average Bonchev–Trinajstić information content (AvgIpc) is 2.79. The molecular formula is C25H25BrN2O3. The van der Waals surface area contributed by atoms with Crippen molar-refractivity contribution in [3.63, 3.8) is 0 Å². The number of nitrogens with one attached hydrogen (secondary N) is 1. The third-order valence-corrected chi connectivity index (χ3v) is 5.29. The van der Waals surface area contributed by atoms with Gasteiger partial charge in [0.25, 0.3) is 0 Å². The van der Waals surface area contributed by atoms with Crippen molar-refractivity contribution in [2.24, 2.45) is 0 Å². The van der Waals surface area contributed by atoms with Gasteiger partial charge in [-0.05, 0) is 70.7 Å². The van der Waals surface area contributed by atoms with Crippen LogP contribution >= 0.6 is 15.9 Å². The number of ether oxygens (including phenoxy) is 1. The Kier molecular flexibility index (Phi) is 8.35. The third kappa shape index (κ3) is 6.76. The van der Waals surface area contributed by atoms with E-state index in [0.29, 0.717) is 30.0 Å². The summed E-state index contributed by atoms with van der Waals surface area (Å²) >= 11 is 3.39. The molecule has 0 saturated carbocycles. The SMILES string of the molecule is CCCCOC(=O)c1ccc(NC(=O)C(Cc2ccccc2)c2ccc(Br)cn2)cc1. The number of hydrogen-bond acceptors (Lipinski definition) is 4. The van der Waals surface area contributed by atoms with Gasteiger partial charge in [0.2, 0.25) is 5.91 Å². The van der Waals surface area contributed by atoms with Gasteiger partial charge in [0.15, 0.2) is 0 Å². The summed E-state index contributed by atoms with van der Waals surface area (Å²) in [5.41, 5.74) is 2.83. The first-order chi connectivity index (χ1) is 15.1. The van der Waals surface area contributed by atoms with Gasteiger partial charge in [-0.3, -0.25) is 9.78 Å². The fourth-order valence-electron chi connectivity index (χ4n) is 3.09. The number of halogens is 1. The maximum absolute atomic E-state index is 13.1. The molecule has 0 bridgehead atoms. The Morgan fingerprint density at radius 1 is 1.03 bits per heavy atom. The molecule has 3 aromatic rings. The van der Waals surface area contributed by atoms with E-state index in [2.05, 4.69) is 26.2 Å². The van der Waals surface area contributed by atoms with Gasteiger partial charge in [0.05, 0.1) is 23.8 Å². The number of carbonyl (C=O) groups is 2. The summed E-state index contributed by atoms with van der Waals surface area (Å²) in [5, 5.41) is 2.95. The lowest BCUT2D eigenvalue weighted by Gasteiger charge is -2.17. The molecule has 0 fully saturated rings. The molecule has 1 heterocycles. The van der Waals surface area contributed by atoms with Crippen LogP contribution < -0.4 is 5.32 Å². The molecule has 1 N–H and O–H groups in total. The van der Waals surface area contributed by atoms with Crippen molar-refractivity contribution >= 4 is 33.5 Å². The minimum atomic E-state index is -0.450. The molecule has 160 valence electrons. The smallest absolute Gasteiger partial charge is 0.338 e. The van der Waals surface area contributed by atoms with Crippen LogP contribution in [0, 0.1) is 0 Å². The maximum atomic E-state index is 13.1. The average molecular weight is 481 g/mol. The molecule has 0 aliphatic rings. The summed E-state index contributed by atoms with van der Waals surface area (Å²) in [7, 11) is 0. The number of esters is 1. The second-order valence-corrected chi connectivity index (χ2v) is 8.12. The molecule has 1 aromatic heterocycles. The Morgan fingerprint density at radius 3 is 2.42 bits per heavy atom. The highest BCUT2D eigenvalue weighted by Crippen LogP contribution is 2.23. The first-order valence-corrected chi connectivity index (χ1v) is 11.1. The Balaban J connectivity index is 1.72. The topological polar surface area (TPSA) is 68.3 Å². The van der Waals surface area contributed by atoms with Gasteiger partial charge < -0.3 is 10.1 Å². The number of anilines is 1. The van der Waals surface area contributed by atoms with Crippen LogP contribution in [0.4, 0.5) is 5.69 Å². The number of benzene rings is 2. The van der Waals surface area contributed by atoms with E-state index in [-0.39, 0.29) is 11.9 Å². The molecule has 3 rings (SSSR count). The Bertz CT molecular complexity index is 990. The van der Waals surface area contributed by atoms with Crippen molar-refractivity contribution in [2.75, 3.05) is 11.9 Å². The van der Waals surface area contributed by atoms with E-state index in [0.717, 1.165) is 22.9 Å². The predicted molar refractivity (Wildman–Crippen MR) is 125 cm³/mol. The normalized spacial score (nSPS) is 11.5. The largest absolute Gasteiger partial charge is 0.462 e. The van der Waals surface area contributed by atoms with Crippen LogP contribution in [-0.4, -0.2) is 23.5 Å². The molecule has 2 aromatic carbocycles. The van der Waals surface area contributed by atoms with Crippen LogP contribution in [0.15, 0.2) is 77.4 Å². The monoisotopic (exact) mass is 480 g/mol. The predicted octanol–water partition coefficient (Wildman–Crippen LogP) is 5.77. The van der Waals surface area contributed by atoms with E-state index in [1.165, 1.54) is 0 Å². The Morgan fingerprint density at radius 2 is 1.77 bits per heavy atom. The van der Waals surface area contributed by atoms with Crippen molar-refractivity contribution in [3.8, 4) is 0 Å². The molecule has 6 heteroatoms. The minimum absolute atomic E-state index is 0.156. The van der Waals surface area contributed by atoms with Gasteiger partial charge in [-0.25, -0.2) is 4.79 Å². The molecule has 31 heavy (non-hydrogen) atoms. The number of aromatic nitrogens is 1. The molecule has 0 aliphatic heterocycles. The third-order valence-electron chi connectivity index (χ3n) is 4.83. The highest BCUT2D eigenvalue weighted by atomic mass is 79.9. The Labute approximate surface area is 191 Å². The van der Waals surface area contributed by atoms with E-state index < -0.39 is 5.92 Å². The van der Waals surface area contributed by atoms with Crippen molar-refractivity contribution in [2.45, 2.75) is 32.1 Å². The van der Waals surface area contributed by atoms with Crippen LogP contribution in [0.3, 0.4) is 0 Å². The number of hydrogen-bond donors (Lipinski definition) is 1. The van der Waals surface area contributed by atoms with Crippen molar-refractivity contribution < 1.29 is 14.3 Å². The second kappa shape index (κ2) is 11.4. The van der Waals surface area contributed by atoms with Crippen LogP contribution in [0.5, 0.6) is 0 Å². The van der Waals surface area contributed by atoms with Gasteiger partial charge in [0, 0.05) is 16.4 Å². The first kappa shape index (κ1) is 22.7. The molecular weight excluding hydrogens is 456 g/mol. The van der Waals surface area contributed by atoms with Crippen LogP contribution in [0.2, 0.25) is 0 Å². The first-order valence-electron chi connectivity index (χ1n) is 10.3. The second-order valence-electron chi connectivity index (χ2n) is 7.20. The summed E-state index contributed by atoms with van der Waals surface area (Å²) in [4.78, 5) is 29.6. The van der Waals surface area contributed by atoms with Crippen LogP contribution in [0.25, 0.3) is 0 Å². The van der Waals surface area contributed by atoms with Crippen molar-refractivity contribution in [3.05, 3.63) is 94.2 Å². The van der Waals surface area contributed by atoms with E-state index in [4.69, 9.17) is 4.74 Å². The molecule has 0 saturated heterocycles. The number of carbonyl (C=O) groups excluding carboxylic acids is 2. The maximum Gasteiger partial charge on any atom is 0.338 e. The van der Waals surface area contributed by atoms with E-state index in [1.807, 2.05) is 49.4 Å². The molecule has 0 radical (unpaired) electrons. The number of unbranched alkanes of at least 4 members (excludes halogenated alkanes) is 1. The molecule has 0 aliphatic carbocycles. The fourth-order valence-corrected chi connectivity index (χ4v) is 3.32. The standard InChI is InChI=1S/C25H25BrN2O3/c1-2-3-15-31-25(30)19-9-12-21(13-10-19)28-24(29)22(16-18-7-5-4-6-8-18)23-14-11-20(26)17-27-23/h4-14,17,22H,2-3,15-16H2,1H3,(H,28,29). The lowest BCUT2D eigenvalue weighted by atomic mass is 9.94. The Hall–Kier alpha value is -2.99. The highest BCUT2D eigenvalue weighted by Gasteiger charge is 2.23. The van der Waals surface area contributed by atoms with Crippen molar-refractivity contribution in [1.29, 1.82) is 0 Å². The quantitative estimate of drug-likeness (QED) is 0.312. The van der Waals surface area contributed by atoms with Gasteiger partial charge in [0.1, 0.15) is 0 Å². The molecule has 1 atom stereocenters. The summed E-state index contributed by atoms with van der Waals surface area (Å²) < 4.78 is 6.08.